The van der Waals surface area contributed by atoms with Gasteiger partial charge in [-0.15, -0.1) is 0 Å². The Morgan fingerprint density at radius 2 is 2.12 bits per heavy atom. The highest BCUT2D eigenvalue weighted by molar-refractivity contribution is 7.82. The number of fused-ring (bicyclic) bond motifs is 1. The molecule has 3 unspecified atom stereocenters. The standard InChI is InChI=1S/C8H14N2O5S/c9-7-4-1-2-6(3-5-11)8(7,10)15-16(12,13)14-7/h1-2,6,11H,3-5,9-10H2. The number of aliphatic hydroxyl groups is 1. The van der Waals surface area contributed by atoms with Gasteiger partial charge in [0, 0.05) is 18.9 Å². The highest BCUT2D eigenvalue weighted by atomic mass is 32.3. The topological polar surface area (TPSA) is 125 Å². The maximum absolute atomic E-state index is 11.3. The molecule has 5 N–H and O–H groups in total. The molecule has 1 heterocycles. The molecule has 0 aromatic carbocycles. The van der Waals surface area contributed by atoms with Crippen molar-refractivity contribution in [1.29, 1.82) is 0 Å². The quantitative estimate of drug-likeness (QED) is 0.512. The van der Waals surface area contributed by atoms with Gasteiger partial charge in [0.15, 0.2) is 11.4 Å². The molecule has 2 aliphatic rings. The average molecular weight is 250 g/mol. The normalized spacial score (nSPS) is 45.6. The van der Waals surface area contributed by atoms with Crippen LogP contribution in [0.5, 0.6) is 0 Å². The molecule has 1 aliphatic heterocycles. The van der Waals surface area contributed by atoms with Crippen molar-refractivity contribution in [2.75, 3.05) is 6.61 Å². The van der Waals surface area contributed by atoms with Crippen molar-refractivity contribution in [2.45, 2.75) is 24.3 Å². The molecule has 1 saturated heterocycles. The van der Waals surface area contributed by atoms with Crippen molar-refractivity contribution in [3.05, 3.63) is 12.2 Å². The minimum Gasteiger partial charge on any atom is -0.396 e. The monoisotopic (exact) mass is 250 g/mol. The first-order chi connectivity index (χ1) is 7.33. The van der Waals surface area contributed by atoms with Crippen LogP contribution in [0.3, 0.4) is 0 Å². The zero-order chi connectivity index (χ0) is 12.0. The highest BCUT2D eigenvalue weighted by Gasteiger charge is 2.64. The summed E-state index contributed by atoms with van der Waals surface area (Å²) in [7, 11) is -4.17. The van der Waals surface area contributed by atoms with Crippen LogP contribution in [0.15, 0.2) is 12.2 Å². The SMILES string of the molecule is NC12CC=CC(CCO)C1(N)OS(=O)(=O)O2. The minimum atomic E-state index is -4.17. The van der Waals surface area contributed by atoms with Crippen molar-refractivity contribution >= 4 is 10.4 Å². The molecule has 7 nitrogen and oxygen atoms in total. The van der Waals surface area contributed by atoms with Crippen molar-refractivity contribution in [3.63, 3.8) is 0 Å². The second-order valence-corrected chi connectivity index (χ2v) is 5.16. The Hall–Kier alpha value is -0.510. The van der Waals surface area contributed by atoms with E-state index in [0.29, 0.717) is 0 Å². The fourth-order valence-corrected chi connectivity index (χ4v) is 3.27. The van der Waals surface area contributed by atoms with Gasteiger partial charge in [-0.25, -0.2) is 8.37 Å². The van der Waals surface area contributed by atoms with E-state index in [2.05, 4.69) is 4.18 Å². The highest BCUT2D eigenvalue weighted by Crippen LogP contribution is 2.44. The summed E-state index contributed by atoms with van der Waals surface area (Å²) < 4.78 is 32.0. The van der Waals surface area contributed by atoms with Crippen molar-refractivity contribution in [2.24, 2.45) is 17.4 Å². The summed E-state index contributed by atoms with van der Waals surface area (Å²) in [4.78, 5) is 0. The fraction of sp³-hybridized carbons (Fsp3) is 0.750. The summed E-state index contributed by atoms with van der Waals surface area (Å²) in [5.41, 5.74) is 8.46. The van der Waals surface area contributed by atoms with Crippen LogP contribution in [0, 0.1) is 5.92 Å². The number of aliphatic hydroxyl groups excluding tert-OH is 1. The molecule has 16 heavy (non-hydrogen) atoms. The Morgan fingerprint density at radius 3 is 2.75 bits per heavy atom. The van der Waals surface area contributed by atoms with E-state index in [0.717, 1.165) is 0 Å². The smallest absolute Gasteiger partial charge is 0.396 e. The molecule has 92 valence electrons. The van der Waals surface area contributed by atoms with Crippen LogP contribution in [-0.2, 0) is 18.8 Å². The van der Waals surface area contributed by atoms with E-state index in [4.69, 9.17) is 20.8 Å². The van der Waals surface area contributed by atoms with Gasteiger partial charge in [-0.05, 0) is 6.42 Å². The van der Waals surface area contributed by atoms with Gasteiger partial charge in [-0.2, -0.15) is 8.42 Å². The van der Waals surface area contributed by atoms with Crippen molar-refractivity contribution < 1.29 is 21.9 Å². The fourth-order valence-electron chi connectivity index (χ4n) is 2.07. The predicted octanol–water partition coefficient (Wildman–Crippen LogP) is -1.45. The van der Waals surface area contributed by atoms with Crippen LogP contribution in [-0.4, -0.2) is 31.6 Å². The molecule has 3 atom stereocenters. The summed E-state index contributed by atoms with van der Waals surface area (Å²) in [5, 5.41) is 8.89. The molecule has 0 amide bonds. The Kier molecular flexibility index (Phi) is 2.61. The molecular weight excluding hydrogens is 236 g/mol. The summed E-state index contributed by atoms with van der Waals surface area (Å²) in [6.45, 7) is -0.145. The van der Waals surface area contributed by atoms with Crippen molar-refractivity contribution in [3.8, 4) is 0 Å². The van der Waals surface area contributed by atoms with Gasteiger partial charge in [0.05, 0.1) is 0 Å². The van der Waals surface area contributed by atoms with Crippen LogP contribution in [0.2, 0.25) is 0 Å². The first-order valence-electron chi connectivity index (χ1n) is 4.84. The molecule has 0 aromatic rings. The van der Waals surface area contributed by atoms with Gasteiger partial charge in [0.2, 0.25) is 0 Å². The van der Waals surface area contributed by atoms with Gasteiger partial charge >= 0.3 is 10.4 Å². The minimum absolute atomic E-state index is 0.144. The van der Waals surface area contributed by atoms with Gasteiger partial charge in [-0.1, -0.05) is 12.2 Å². The summed E-state index contributed by atoms with van der Waals surface area (Å²) in [6, 6.07) is 0. The molecule has 0 bridgehead atoms. The molecule has 0 radical (unpaired) electrons. The zero-order valence-corrected chi connectivity index (χ0v) is 9.31. The number of rotatable bonds is 2. The Bertz CT molecular complexity index is 422. The van der Waals surface area contributed by atoms with Crippen LogP contribution in [0.4, 0.5) is 0 Å². The third-order valence-electron chi connectivity index (χ3n) is 2.93. The lowest BCUT2D eigenvalue weighted by Gasteiger charge is -2.41. The lowest BCUT2D eigenvalue weighted by molar-refractivity contribution is -0.0789. The second-order valence-electron chi connectivity index (χ2n) is 4.01. The van der Waals surface area contributed by atoms with Gasteiger partial charge < -0.3 is 5.11 Å². The first-order valence-corrected chi connectivity index (χ1v) is 6.18. The second kappa shape index (κ2) is 3.49. The average Bonchev–Trinajstić information content (AvgIpc) is 2.32. The largest absolute Gasteiger partial charge is 0.403 e. The molecule has 8 heteroatoms. The van der Waals surface area contributed by atoms with E-state index in [-0.39, 0.29) is 19.4 Å². The molecule has 0 aromatic heterocycles. The number of nitrogens with two attached hydrogens (primary N) is 2. The molecule has 1 fully saturated rings. The van der Waals surface area contributed by atoms with Gasteiger partial charge in [0.1, 0.15) is 0 Å². The Morgan fingerprint density at radius 1 is 1.44 bits per heavy atom. The maximum Gasteiger partial charge on any atom is 0.403 e. The van der Waals surface area contributed by atoms with Crippen molar-refractivity contribution in [1.82, 2.24) is 0 Å². The maximum atomic E-state index is 11.3. The van der Waals surface area contributed by atoms with Crippen LogP contribution in [0.1, 0.15) is 12.8 Å². The third-order valence-corrected chi connectivity index (χ3v) is 3.91. The molecule has 0 spiro atoms. The molecule has 2 rings (SSSR count). The van der Waals surface area contributed by atoms with Crippen LogP contribution >= 0.6 is 0 Å². The van der Waals surface area contributed by atoms with E-state index in [9.17, 15) is 8.42 Å². The van der Waals surface area contributed by atoms with Crippen LogP contribution in [0.25, 0.3) is 0 Å². The third kappa shape index (κ3) is 1.58. The lowest BCUT2D eigenvalue weighted by atomic mass is 9.79. The Labute approximate surface area is 93.3 Å². The zero-order valence-electron chi connectivity index (χ0n) is 8.50. The summed E-state index contributed by atoms with van der Waals surface area (Å²) >= 11 is 0. The molecule has 1 aliphatic carbocycles. The summed E-state index contributed by atoms with van der Waals surface area (Å²) in [6.07, 6.45) is 3.76. The molecular formula is C8H14N2O5S. The van der Waals surface area contributed by atoms with E-state index in [1.165, 1.54) is 0 Å². The van der Waals surface area contributed by atoms with E-state index in [1.54, 1.807) is 12.2 Å². The van der Waals surface area contributed by atoms with E-state index < -0.39 is 27.8 Å². The van der Waals surface area contributed by atoms with Crippen LogP contribution < -0.4 is 11.5 Å². The Balaban J connectivity index is 2.42. The van der Waals surface area contributed by atoms with E-state index >= 15 is 0 Å². The predicted molar refractivity (Wildman–Crippen MR) is 53.9 cm³/mol. The van der Waals surface area contributed by atoms with Gasteiger partial charge in [-0.3, -0.25) is 11.5 Å². The van der Waals surface area contributed by atoms with E-state index in [1.807, 2.05) is 0 Å². The number of hydrogen-bond donors (Lipinski definition) is 3. The molecule has 0 saturated carbocycles. The lowest BCUT2D eigenvalue weighted by Crippen LogP contribution is -2.68. The number of hydrogen-bond acceptors (Lipinski definition) is 7. The van der Waals surface area contributed by atoms with Gasteiger partial charge in [0.25, 0.3) is 0 Å². The summed E-state index contributed by atoms with van der Waals surface area (Å²) in [5.74, 6) is -0.506. The first kappa shape index (κ1) is 12.0.